The van der Waals surface area contributed by atoms with Crippen LogP contribution in [0.4, 0.5) is 0 Å². The van der Waals surface area contributed by atoms with E-state index in [1.807, 2.05) is 31.2 Å². The summed E-state index contributed by atoms with van der Waals surface area (Å²) in [6, 6.07) is 10.7. The maximum Gasteiger partial charge on any atom is 0.266 e. The average molecular weight is 360 g/mol. The summed E-state index contributed by atoms with van der Waals surface area (Å²) >= 11 is 5.98. The summed E-state index contributed by atoms with van der Waals surface area (Å²) in [4.78, 5) is 24.7. The van der Waals surface area contributed by atoms with E-state index < -0.39 is 5.41 Å². The lowest BCUT2D eigenvalue weighted by Crippen LogP contribution is -2.44. The van der Waals surface area contributed by atoms with Gasteiger partial charge in [-0.15, -0.1) is 0 Å². The Hall–Kier alpha value is -2.14. The van der Waals surface area contributed by atoms with Crippen LogP contribution < -0.4 is 10.9 Å². The third-order valence-electron chi connectivity index (χ3n) is 4.90. The van der Waals surface area contributed by atoms with Crippen LogP contribution in [-0.2, 0) is 16.8 Å². The monoisotopic (exact) mass is 359 g/mol. The Bertz CT molecular complexity index is 808. The number of rotatable bonds is 5. The van der Waals surface area contributed by atoms with Crippen LogP contribution >= 0.6 is 11.6 Å². The van der Waals surface area contributed by atoms with Gasteiger partial charge in [-0.3, -0.25) is 9.59 Å². The van der Waals surface area contributed by atoms with Gasteiger partial charge in [0.15, 0.2) is 0 Å². The summed E-state index contributed by atoms with van der Waals surface area (Å²) in [5.41, 5.74) is 1.14. The summed E-state index contributed by atoms with van der Waals surface area (Å²) in [7, 11) is 0. The van der Waals surface area contributed by atoms with Crippen LogP contribution in [0.2, 0.25) is 5.02 Å². The molecule has 3 rings (SSSR count). The van der Waals surface area contributed by atoms with Crippen LogP contribution in [-0.4, -0.2) is 22.2 Å². The Kier molecular flexibility index (Phi) is 5.23. The molecule has 1 aliphatic carbocycles. The molecule has 5 nitrogen and oxygen atoms in total. The van der Waals surface area contributed by atoms with E-state index in [1.54, 1.807) is 6.07 Å². The number of aryl methyl sites for hydroxylation is 1. The molecular formula is C19H22ClN3O2. The van der Waals surface area contributed by atoms with E-state index >= 15 is 0 Å². The molecule has 1 aromatic carbocycles. The zero-order chi connectivity index (χ0) is 17.9. The van der Waals surface area contributed by atoms with Gasteiger partial charge in [0.2, 0.25) is 5.91 Å². The molecular weight excluding hydrogens is 338 g/mol. The van der Waals surface area contributed by atoms with Crippen molar-refractivity contribution in [3.63, 3.8) is 0 Å². The van der Waals surface area contributed by atoms with Crippen LogP contribution in [0.3, 0.4) is 0 Å². The molecule has 1 aromatic heterocycles. The van der Waals surface area contributed by atoms with Crippen molar-refractivity contribution in [2.24, 2.45) is 0 Å². The fraction of sp³-hybridized carbons (Fsp3) is 0.421. The minimum absolute atomic E-state index is 0.0213. The van der Waals surface area contributed by atoms with E-state index in [4.69, 9.17) is 11.6 Å². The van der Waals surface area contributed by atoms with Crippen molar-refractivity contribution in [1.29, 1.82) is 0 Å². The van der Waals surface area contributed by atoms with Gasteiger partial charge in [-0.2, -0.15) is 5.10 Å². The minimum Gasteiger partial charge on any atom is -0.353 e. The molecule has 132 valence electrons. The number of hydrogen-bond donors (Lipinski definition) is 1. The van der Waals surface area contributed by atoms with E-state index in [2.05, 4.69) is 10.4 Å². The quantitative estimate of drug-likeness (QED) is 0.892. The summed E-state index contributed by atoms with van der Waals surface area (Å²) in [6.07, 6.45) is 3.75. The Labute approximate surface area is 152 Å². The van der Waals surface area contributed by atoms with E-state index in [9.17, 15) is 9.59 Å². The van der Waals surface area contributed by atoms with Crippen molar-refractivity contribution >= 4 is 17.5 Å². The molecule has 0 atom stereocenters. The molecule has 1 amide bonds. The van der Waals surface area contributed by atoms with Crippen LogP contribution in [0.1, 0.15) is 36.9 Å². The highest BCUT2D eigenvalue weighted by molar-refractivity contribution is 6.30. The molecule has 1 N–H and O–H groups in total. The minimum atomic E-state index is -0.490. The lowest BCUT2D eigenvalue weighted by Gasteiger charge is -2.28. The maximum atomic E-state index is 12.9. The molecule has 1 aliphatic rings. The number of hydrogen-bond acceptors (Lipinski definition) is 3. The van der Waals surface area contributed by atoms with Crippen LogP contribution in [0, 0.1) is 6.92 Å². The average Bonchev–Trinajstić information content (AvgIpc) is 3.09. The Balaban J connectivity index is 1.70. The van der Waals surface area contributed by atoms with Gasteiger partial charge in [-0.05, 0) is 43.5 Å². The highest BCUT2D eigenvalue weighted by Gasteiger charge is 2.42. The Morgan fingerprint density at radius 2 is 1.88 bits per heavy atom. The molecule has 0 spiro atoms. The second-order valence-electron chi connectivity index (χ2n) is 6.59. The van der Waals surface area contributed by atoms with Crippen LogP contribution in [0.25, 0.3) is 0 Å². The van der Waals surface area contributed by atoms with Gasteiger partial charge in [0, 0.05) is 17.6 Å². The second kappa shape index (κ2) is 7.40. The fourth-order valence-corrected chi connectivity index (χ4v) is 3.68. The number of nitrogens with zero attached hydrogens (tertiary/aromatic N) is 2. The predicted molar refractivity (Wildman–Crippen MR) is 97.8 cm³/mol. The molecule has 0 saturated heterocycles. The first-order valence-electron chi connectivity index (χ1n) is 8.60. The van der Waals surface area contributed by atoms with E-state index in [0.717, 1.165) is 36.9 Å². The lowest BCUT2D eigenvalue weighted by molar-refractivity contribution is -0.126. The lowest BCUT2D eigenvalue weighted by atomic mass is 9.78. The molecule has 0 aliphatic heterocycles. The summed E-state index contributed by atoms with van der Waals surface area (Å²) in [6.45, 7) is 2.58. The number of carbonyl (C=O) groups excluding carboxylic acids is 1. The standard InChI is InChI=1S/C19H22ClN3O2/c1-14-4-9-17(24)23(22-14)13-12-21-18(25)19(10-2-3-11-19)15-5-7-16(20)8-6-15/h4-9H,2-3,10-13H2,1H3,(H,21,25). The van der Waals surface area contributed by atoms with Crippen molar-refractivity contribution in [3.05, 3.63) is 63.0 Å². The third-order valence-corrected chi connectivity index (χ3v) is 5.15. The summed E-state index contributed by atoms with van der Waals surface area (Å²) in [5, 5.41) is 7.86. The molecule has 1 heterocycles. The Morgan fingerprint density at radius 1 is 1.20 bits per heavy atom. The van der Waals surface area contributed by atoms with Crippen molar-refractivity contribution in [3.8, 4) is 0 Å². The largest absolute Gasteiger partial charge is 0.353 e. The number of carbonyl (C=O) groups is 1. The number of benzene rings is 1. The first-order chi connectivity index (χ1) is 12.0. The molecule has 1 saturated carbocycles. The van der Waals surface area contributed by atoms with Crippen molar-refractivity contribution in [1.82, 2.24) is 15.1 Å². The predicted octanol–water partition coefficient (Wildman–Crippen LogP) is 2.83. The number of halogens is 1. The van der Waals surface area contributed by atoms with Crippen molar-refractivity contribution in [2.75, 3.05) is 6.54 Å². The van der Waals surface area contributed by atoms with E-state index in [1.165, 1.54) is 10.7 Å². The molecule has 0 radical (unpaired) electrons. The van der Waals surface area contributed by atoms with Gasteiger partial charge >= 0.3 is 0 Å². The first-order valence-corrected chi connectivity index (χ1v) is 8.98. The molecule has 2 aromatic rings. The van der Waals surface area contributed by atoms with Gasteiger partial charge in [0.05, 0.1) is 17.7 Å². The van der Waals surface area contributed by atoms with Crippen molar-refractivity contribution < 1.29 is 4.79 Å². The van der Waals surface area contributed by atoms with Gasteiger partial charge in [0.25, 0.3) is 5.56 Å². The fourth-order valence-electron chi connectivity index (χ4n) is 3.55. The van der Waals surface area contributed by atoms with Gasteiger partial charge < -0.3 is 5.32 Å². The molecule has 0 bridgehead atoms. The summed E-state index contributed by atoms with van der Waals surface area (Å²) in [5.74, 6) is 0.0213. The molecule has 25 heavy (non-hydrogen) atoms. The van der Waals surface area contributed by atoms with Gasteiger partial charge in [-0.1, -0.05) is 36.6 Å². The normalized spacial score (nSPS) is 15.9. The van der Waals surface area contributed by atoms with E-state index in [0.29, 0.717) is 18.1 Å². The highest BCUT2D eigenvalue weighted by Crippen LogP contribution is 2.41. The third kappa shape index (κ3) is 3.76. The van der Waals surface area contributed by atoms with Crippen molar-refractivity contribution in [2.45, 2.75) is 44.6 Å². The number of amides is 1. The number of aromatic nitrogens is 2. The Morgan fingerprint density at radius 3 is 2.56 bits per heavy atom. The molecule has 0 unspecified atom stereocenters. The smallest absolute Gasteiger partial charge is 0.266 e. The number of nitrogens with one attached hydrogen (secondary N) is 1. The topological polar surface area (TPSA) is 64.0 Å². The first kappa shape index (κ1) is 17.7. The van der Waals surface area contributed by atoms with Gasteiger partial charge in [-0.25, -0.2) is 4.68 Å². The van der Waals surface area contributed by atoms with Crippen LogP contribution in [0.5, 0.6) is 0 Å². The molecule has 6 heteroatoms. The zero-order valence-corrected chi connectivity index (χ0v) is 15.1. The van der Waals surface area contributed by atoms with Gasteiger partial charge in [0.1, 0.15) is 0 Å². The second-order valence-corrected chi connectivity index (χ2v) is 7.02. The summed E-state index contributed by atoms with van der Waals surface area (Å²) < 4.78 is 1.39. The van der Waals surface area contributed by atoms with E-state index in [-0.39, 0.29) is 11.5 Å². The molecule has 1 fully saturated rings. The maximum absolute atomic E-state index is 12.9. The zero-order valence-electron chi connectivity index (χ0n) is 14.3. The highest BCUT2D eigenvalue weighted by atomic mass is 35.5. The van der Waals surface area contributed by atoms with Crippen LogP contribution in [0.15, 0.2) is 41.2 Å². The SMILES string of the molecule is Cc1ccc(=O)n(CCNC(=O)C2(c3ccc(Cl)cc3)CCCC2)n1.